The molecule has 0 spiro atoms. The summed E-state index contributed by atoms with van der Waals surface area (Å²) < 4.78 is 0. The van der Waals surface area contributed by atoms with Crippen LogP contribution in [0.2, 0.25) is 0 Å². The second-order valence-corrected chi connectivity index (χ2v) is 11.8. The number of allylic oxidation sites excluding steroid dienone is 1. The molecule has 6 aromatic rings. The highest BCUT2D eigenvalue weighted by atomic mass is 16.2. The van der Waals surface area contributed by atoms with Gasteiger partial charge in [-0.25, -0.2) is 0 Å². The van der Waals surface area contributed by atoms with Crippen LogP contribution < -0.4 is 4.90 Å². The lowest BCUT2D eigenvalue weighted by Gasteiger charge is -2.27. The third-order valence-corrected chi connectivity index (χ3v) is 8.21. The van der Waals surface area contributed by atoms with Crippen LogP contribution in [0.1, 0.15) is 48.5 Å². The molecular formula is C40H31NO2. The van der Waals surface area contributed by atoms with E-state index in [0.29, 0.717) is 11.1 Å². The Labute approximate surface area is 251 Å². The zero-order chi connectivity index (χ0) is 29.8. The van der Waals surface area contributed by atoms with Gasteiger partial charge in [0.25, 0.3) is 0 Å². The number of nitrogens with zero attached hydrogens (tertiary/aromatic N) is 1. The molecule has 3 heteroatoms. The van der Waals surface area contributed by atoms with Gasteiger partial charge in [-0.1, -0.05) is 54.6 Å². The predicted octanol–water partition coefficient (Wildman–Crippen LogP) is 10.2. The van der Waals surface area contributed by atoms with Gasteiger partial charge < -0.3 is 4.90 Å². The fourth-order valence-corrected chi connectivity index (χ4v) is 6.39. The van der Waals surface area contributed by atoms with Gasteiger partial charge in [0.05, 0.1) is 5.57 Å². The molecule has 0 heterocycles. The van der Waals surface area contributed by atoms with E-state index in [-0.39, 0.29) is 17.1 Å². The summed E-state index contributed by atoms with van der Waals surface area (Å²) in [6, 6.07) is 37.3. The summed E-state index contributed by atoms with van der Waals surface area (Å²) in [5.41, 5.74) is 10.2. The molecule has 0 fully saturated rings. The number of carbonyl (C=O) groups is 2. The normalized spacial score (nSPS) is 12.7. The molecule has 0 saturated carbocycles. The van der Waals surface area contributed by atoms with Crippen molar-refractivity contribution in [1.82, 2.24) is 0 Å². The number of aryl methyl sites for hydroxylation is 4. The van der Waals surface area contributed by atoms with E-state index in [0.717, 1.165) is 44.2 Å². The molecule has 1 aliphatic carbocycles. The van der Waals surface area contributed by atoms with Crippen LogP contribution in [0.3, 0.4) is 0 Å². The molecule has 3 nitrogen and oxygen atoms in total. The number of fused-ring (bicyclic) bond motifs is 3. The highest BCUT2D eigenvalue weighted by Gasteiger charge is 2.33. The Kier molecular flexibility index (Phi) is 6.32. The summed E-state index contributed by atoms with van der Waals surface area (Å²) in [5, 5.41) is 4.04. The molecular weight excluding hydrogens is 526 g/mol. The number of hydrogen-bond donors (Lipinski definition) is 0. The smallest absolute Gasteiger partial charge is 0.197 e. The van der Waals surface area contributed by atoms with Crippen molar-refractivity contribution in [3.63, 3.8) is 0 Å². The molecule has 1 aliphatic rings. The first-order valence-corrected chi connectivity index (χ1v) is 14.6. The van der Waals surface area contributed by atoms with E-state index >= 15 is 0 Å². The van der Waals surface area contributed by atoms with Crippen molar-refractivity contribution < 1.29 is 9.59 Å². The van der Waals surface area contributed by atoms with E-state index in [9.17, 15) is 9.59 Å². The topological polar surface area (TPSA) is 37.4 Å². The SMILES string of the molecule is Cc1cc(C)cc(N(c2cc(C)cc(C)c2)c2ccc3cc(C=C4C(=O)c5cc6ccccc6cc5C4=O)ccc3c2)c1. The van der Waals surface area contributed by atoms with Gasteiger partial charge in [0.2, 0.25) is 0 Å². The number of benzene rings is 6. The fraction of sp³-hybridized carbons (Fsp3) is 0.100. The van der Waals surface area contributed by atoms with Crippen molar-refractivity contribution in [2.45, 2.75) is 27.7 Å². The molecule has 0 bridgehead atoms. The molecule has 43 heavy (non-hydrogen) atoms. The molecule has 7 rings (SSSR count). The molecule has 208 valence electrons. The molecule has 6 aromatic carbocycles. The van der Waals surface area contributed by atoms with Gasteiger partial charge in [0.15, 0.2) is 11.6 Å². The van der Waals surface area contributed by atoms with Crippen LogP contribution in [-0.2, 0) is 0 Å². The third kappa shape index (κ3) is 4.83. The number of ketones is 2. The second-order valence-electron chi connectivity index (χ2n) is 11.8. The number of hydrogen-bond acceptors (Lipinski definition) is 3. The minimum atomic E-state index is -0.210. The Morgan fingerprint density at radius 1 is 0.465 bits per heavy atom. The lowest BCUT2D eigenvalue weighted by molar-refractivity contribution is 0.0990. The highest BCUT2D eigenvalue weighted by molar-refractivity contribution is 6.42. The standard InChI is InChI=1S/C40H31NO2/c1-24-13-25(2)16-34(15-24)41(35-17-26(3)14-27(4)18-35)33-12-11-31-19-28(9-10-32(31)21-33)20-38-39(42)36-22-29-7-5-6-8-30(29)23-37(36)40(38)43/h5-23H,1-4H3. The fourth-order valence-electron chi connectivity index (χ4n) is 6.39. The van der Waals surface area contributed by atoms with Gasteiger partial charge in [-0.05, 0) is 138 Å². The van der Waals surface area contributed by atoms with Crippen molar-refractivity contribution in [1.29, 1.82) is 0 Å². The monoisotopic (exact) mass is 557 g/mol. The van der Waals surface area contributed by atoms with Crippen LogP contribution in [0.5, 0.6) is 0 Å². The maximum absolute atomic E-state index is 13.3. The minimum absolute atomic E-state index is 0.210. The molecule has 0 radical (unpaired) electrons. The highest BCUT2D eigenvalue weighted by Crippen LogP contribution is 2.38. The van der Waals surface area contributed by atoms with E-state index in [1.54, 1.807) is 6.08 Å². The Bertz CT molecular complexity index is 2020. The summed E-state index contributed by atoms with van der Waals surface area (Å²) in [6.45, 7) is 8.53. The third-order valence-electron chi connectivity index (χ3n) is 8.21. The Balaban J connectivity index is 1.28. The molecule has 0 N–H and O–H groups in total. The second kappa shape index (κ2) is 10.2. The number of Topliss-reactive ketones (excluding diaryl/α,β-unsaturated/α-hetero) is 2. The first kappa shape index (κ1) is 26.6. The van der Waals surface area contributed by atoms with Crippen molar-refractivity contribution in [2.24, 2.45) is 0 Å². The van der Waals surface area contributed by atoms with Crippen molar-refractivity contribution >= 4 is 56.2 Å². The summed E-state index contributed by atoms with van der Waals surface area (Å²) >= 11 is 0. The Hall–Kier alpha value is -5.28. The van der Waals surface area contributed by atoms with Crippen LogP contribution in [0.25, 0.3) is 27.6 Å². The molecule has 0 atom stereocenters. The van der Waals surface area contributed by atoms with Crippen molar-refractivity contribution in [3.8, 4) is 0 Å². The largest absolute Gasteiger partial charge is 0.310 e. The average Bonchev–Trinajstić information content (AvgIpc) is 3.19. The average molecular weight is 558 g/mol. The van der Waals surface area contributed by atoms with Crippen LogP contribution in [0.15, 0.2) is 115 Å². The van der Waals surface area contributed by atoms with Gasteiger partial charge in [-0.2, -0.15) is 0 Å². The van der Waals surface area contributed by atoms with E-state index < -0.39 is 0 Å². The molecule has 0 aliphatic heterocycles. The number of anilines is 3. The maximum atomic E-state index is 13.3. The van der Waals surface area contributed by atoms with Crippen molar-refractivity contribution in [3.05, 3.63) is 154 Å². The van der Waals surface area contributed by atoms with Crippen LogP contribution in [-0.4, -0.2) is 11.6 Å². The van der Waals surface area contributed by atoms with E-state index in [1.807, 2.05) is 48.5 Å². The molecule has 0 unspecified atom stereocenters. The van der Waals surface area contributed by atoms with Gasteiger partial charge in [0, 0.05) is 28.2 Å². The predicted molar refractivity (Wildman–Crippen MR) is 178 cm³/mol. The van der Waals surface area contributed by atoms with Gasteiger partial charge in [-0.3, -0.25) is 9.59 Å². The van der Waals surface area contributed by atoms with E-state index in [2.05, 4.69) is 93.3 Å². The quantitative estimate of drug-likeness (QED) is 0.160. The van der Waals surface area contributed by atoms with Crippen LogP contribution >= 0.6 is 0 Å². The van der Waals surface area contributed by atoms with Gasteiger partial charge >= 0.3 is 0 Å². The van der Waals surface area contributed by atoms with E-state index in [1.165, 1.54) is 22.3 Å². The Morgan fingerprint density at radius 2 is 0.930 bits per heavy atom. The van der Waals surface area contributed by atoms with Gasteiger partial charge in [-0.15, -0.1) is 0 Å². The molecule has 0 aromatic heterocycles. The minimum Gasteiger partial charge on any atom is -0.310 e. The summed E-state index contributed by atoms with van der Waals surface area (Å²) in [4.78, 5) is 28.9. The van der Waals surface area contributed by atoms with Crippen LogP contribution in [0.4, 0.5) is 17.1 Å². The lowest BCUT2D eigenvalue weighted by Crippen LogP contribution is -2.11. The lowest BCUT2D eigenvalue weighted by atomic mass is 10.0. The zero-order valence-corrected chi connectivity index (χ0v) is 24.7. The summed E-state index contributed by atoms with van der Waals surface area (Å²) in [6.07, 6.45) is 1.74. The van der Waals surface area contributed by atoms with E-state index in [4.69, 9.17) is 0 Å². The van der Waals surface area contributed by atoms with Gasteiger partial charge in [0.1, 0.15) is 0 Å². The molecule has 0 saturated heterocycles. The zero-order valence-electron chi connectivity index (χ0n) is 24.7. The Morgan fingerprint density at radius 3 is 1.47 bits per heavy atom. The van der Waals surface area contributed by atoms with Crippen molar-refractivity contribution in [2.75, 3.05) is 4.90 Å². The number of carbonyl (C=O) groups excluding carboxylic acids is 2. The maximum Gasteiger partial charge on any atom is 0.197 e. The number of rotatable bonds is 4. The van der Waals surface area contributed by atoms with Crippen LogP contribution in [0, 0.1) is 27.7 Å². The first-order chi connectivity index (χ1) is 20.7. The first-order valence-electron chi connectivity index (χ1n) is 14.6. The molecule has 0 amide bonds. The summed E-state index contributed by atoms with van der Waals surface area (Å²) in [7, 11) is 0. The summed E-state index contributed by atoms with van der Waals surface area (Å²) in [5.74, 6) is -0.419.